The number of benzene rings is 2. The Morgan fingerprint density at radius 1 is 0.474 bits per heavy atom. The van der Waals surface area contributed by atoms with Crippen molar-refractivity contribution in [2.75, 3.05) is 26.3 Å². The summed E-state index contributed by atoms with van der Waals surface area (Å²) in [6, 6.07) is -6.27. The number of hydrogen-bond donors (Lipinski definition) is 22. The smallest absolute Gasteiger partial charge is 0.326 e. The second kappa shape index (κ2) is 41.6. The van der Waals surface area contributed by atoms with E-state index < -0.39 is 225 Å². The molecule has 0 heterocycles. The summed E-state index contributed by atoms with van der Waals surface area (Å²) in [7, 11) is 0. The Labute approximate surface area is 553 Å². The van der Waals surface area contributed by atoms with Crippen molar-refractivity contribution < 1.29 is 112 Å². The number of aliphatic carboxylic acids is 4. The maximum atomic E-state index is 13.9. The van der Waals surface area contributed by atoms with Crippen LogP contribution in [0, 0.1) is 5.92 Å². The average Bonchev–Trinajstić information content (AvgIpc) is 0.914. The van der Waals surface area contributed by atoms with Crippen LogP contribution in [0.5, 0.6) is 5.75 Å². The van der Waals surface area contributed by atoms with E-state index >= 15 is 0 Å². The molecule has 12 atom stereocenters. The second-order valence-corrected chi connectivity index (χ2v) is 22.0. The van der Waals surface area contributed by atoms with Gasteiger partial charge in [0.05, 0.1) is 45.1 Å². The molecule has 0 saturated heterocycles. The molecule has 0 aliphatic carbocycles. The number of nitrogens with two attached hydrogens (primary N) is 4. The van der Waals surface area contributed by atoms with Crippen LogP contribution in [0.2, 0.25) is 0 Å². The molecule has 0 bridgehead atoms. The first-order valence-corrected chi connectivity index (χ1v) is 29.9. The zero-order valence-electron chi connectivity index (χ0n) is 52.9. The van der Waals surface area contributed by atoms with Crippen LogP contribution in [-0.2, 0) is 89.6 Å². The lowest BCUT2D eigenvalue weighted by Crippen LogP contribution is -2.60. The topological polar surface area (TPSA) is 664 Å². The fraction of sp³-hybridized carbons (Fsp3) is 0.500. The lowest BCUT2D eigenvalue weighted by atomic mass is 9.98. The Hall–Kier alpha value is -11.1. The van der Waals surface area contributed by atoms with E-state index in [1.807, 2.05) is 0 Å². The Balaban J connectivity index is 2.32. The molecule has 0 fully saturated rings. The van der Waals surface area contributed by atoms with Crippen molar-refractivity contribution in [3.8, 4) is 5.75 Å². The lowest BCUT2D eigenvalue weighted by Gasteiger charge is -2.26. The summed E-state index contributed by atoms with van der Waals surface area (Å²) in [6.07, 6.45) is -4.89. The van der Waals surface area contributed by atoms with Crippen molar-refractivity contribution in [3.05, 3.63) is 65.7 Å². The Morgan fingerprint density at radius 3 is 1.37 bits per heavy atom. The molecule has 0 aliphatic rings. The van der Waals surface area contributed by atoms with Crippen molar-refractivity contribution in [2.24, 2.45) is 33.8 Å². The van der Waals surface area contributed by atoms with E-state index in [0.29, 0.717) is 5.56 Å². The van der Waals surface area contributed by atoms with Crippen LogP contribution in [-0.4, -0.2) is 229 Å². The summed E-state index contributed by atoms with van der Waals surface area (Å²) >= 11 is 0. The van der Waals surface area contributed by atoms with E-state index in [4.69, 9.17) is 28.0 Å². The SMILES string of the molecule is CC[C@H](C)[C@H](NC(=O)[C@H](CC(=O)O)NC(=O)[C@H](Cc1ccccc1)NC(=O)[C@H](C)NC(=O)[C@H](CC(=O)O)NC(=O)[C@H](CCCN=C(N)N)NC(=O)CNC(=O)[C@H](CO)NC(=O)[C@H](CO)NC(=O)[C@H](Cc1ccc(O)cc1)NC(=O)[C@H](CCC(N)=O)NC(=O)[C@@H](N)CC(=O)O)C(=O)O. The minimum atomic E-state index is -2.02. The van der Waals surface area contributed by atoms with Crippen LogP contribution in [0.3, 0.4) is 0 Å². The number of carboxylic acid groups (broad SMARTS) is 4. The van der Waals surface area contributed by atoms with Gasteiger partial charge in [0.25, 0.3) is 0 Å². The van der Waals surface area contributed by atoms with Gasteiger partial charge in [0.15, 0.2) is 5.96 Å². The van der Waals surface area contributed by atoms with Gasteiger partial charge in [-0.2, -0.15) is 0 Å². The standard InChI is InChI=1S/C58H84N16O23/c1-4-27(2)46(57(96)97)74-55(94)38(23-45(84)85)71-53(92)35(19-29-9-6-5-7-10-29)68-47(86)28(3)65-52(91)37(22-44(82)83)70-50(89)33(11-8-18-63-58(61)62)66-42(79)24-64-49(88)39(25-75)72-56(95)40(26-76)73-54(93)36(20-30-12-14-31(77)15-13-30)69-51(90)34(16-17-41(60)78)67-48(87)32(59)21-43(80)81/h5-7,9-10,12-15,27-28,32-40,46,75-77H,4,8,11,16-26,59H2,1-3H3,(H2,60,78)(H,64,88)(H,65,91)(H,66,79)(H,67,87)(H,68,86)(H,69,90)(H,70,89)(H,71,92)(H,72,95)(H,73,93)(H,74,94)(H,80,81)(H,82,83)(H,84,85)(H,96,97)(H4,61,62,63)/t27-,28-,32-,33-,34-,35-,36-,37-,38-,39-,40-,46-/m0/s1. The number of carbonyl (C=O) groups is 16. The summed E-state index contributed by atoms with van der Waals surface area (Å²) in [6.45, 7) is 0.676. The van der Waals surface area contributed by atoms with Gasteiger partial charge < -0.3 is 117 Å². The molecule has 39 nitrogen and oxygen atoms in total. The number of phenolic OH excluding ortho intramolecular Hbond substituents is 1. The third-order valence-electron chi connectivity index (χ3n) is 14.2. The zero-order chi connectivity index (χ0) is 73.2. The highest BCUT2D eigenvalue weighted by molar-refractivity contribution is 6.00. The van der Waals surface area contributed by atoms with Crippen LogP contribution in [0.4, 0.5) is 0 Å². The number of aliphatic imine (C=N–C) groups is 1. The summed E-state index contributed by atoms with van der Waals surface area (Å²) in [5.41, 5.74) is 22.4. The summed E-state index contributed by atoms with van der Waals surface area (Å²) in [5, 5.41) is 92.8. The van der Waals surface area contributed by atoms with Crippen LogP contribution in [0.15, 0.2) is 59.6 Å². The van der Waals surface area contributed by atoms with E-state index in [2.05, 4.69) is 63.5 Å². The fourth-order valence-electron chi connectivity index (χ4n) is 8.69. The molecule has 12 amide bonds. The van der Waals surface area contributed by atoms with E-state index in [1.54, 1.807) is 37.3 Å². The van der Waals surface area contributed by atoms with Crippen molar-refractivity contribution in [3.63, 3.8) is 0 Å². The molecular weight excluding hydrogens is 1290 g/mol. The number of carbonyl (C=O) groups excluding carboxylic acids is 12. The third kappa shape index (κ3) is 30.7. The van der Waals surface area contributed by atoms with Gasteiger partial charge in [-0.3, -0.25) is 76.9 Å². The molecule has 0 saturated carbocycles. The van der Waals surface area contributed by atoms with Gasteiger partial charge in [-0.1, -0.05) is 62.7 Å². The van der Waals surface area contributed by atoms with Gasteiger partial charge in [-0.25, -0.2) is 4.79 Å². The number of nitrogens with zero attached hydrogens (tertiary/aromatic N) is 1. The number of hydrogen-bond acceptors (Lipinski definition) is 21. The largest absolute Gasteiger partial charge is 0.508 e. The minimum Gasteiger partial charge on any atom is -0.508 e. The van der Waals surface area contributed by atoms with Gasteiger partial charge in [-0.05, 0) is 55.4 Å². The molecule has 534 valence electrons. The predicted molar refractivity (Wildman–Crippen MR) is 334 cm³/mol. The second-order valence-electron chi connectivity index (χ2n) is 22.0. The third-order valence-corrected chi connectivity index (χ3v) is 14.2. The first-order chi connectivity index (χ1) is 45.6. The molecule has 2 rings (SSSR count). The van der Waals surface area contributed by atoms with Crippen molar-refractivity contribution in [2.45, 2.75) is 151 Å². The van der Waals surface area contributed by atoms with E-state index in [1.165, 1.54) is 31.2 Å². The number of aliphatic hydroxyl groups is 2. The quantitative estimate of drug-likeness (QED) is 0.0166. The Kier molecular flexibility index (Phi) is 35.2. The molecule has 97 heavy (non-hydrogen) atoms. The predicted octanol–water partition coefficient (Wildman–Crippen LogP) is -8.65. The number of nitrogens with one attached hydrogen (secondary N) is 11. The van der Waals surface area contributed by atoms with Crippen molar-refractivity contribution >= 4 is 101 Å². The number of carboxylic acids is 4. The van der Waals surface area contributed by atoms with Gasteiger partial charge in [0.1, 0.15) is 66.2 Å². The number of amides is 12. The maximum absolute atomic E-state index is 13.9. The molecule has 0 aromatic heterocycles. The molecule has 39 heteroatoms. The first kappa shape index (κ1) is 82.0. The summed E-state index contributed by atoms with van der Waals surface area (Å²) < 4.78 is 0. The fourth-order valence-corrected chi connectivity index (χ4v) is 8.69. The maximum Gasteiger partial charge on any atom is 0.326 e. The van der Waals surface area contributed by atoms with E-state index in [0.717, 1.165) is 6.92 Å². The number of aromatic hydroxyl groups is 1. The van der Waals surface area contributed by atoms with Crippen LogP contribution >= 0.6 is 0 Å². The molecule has 2 aromatic rings. The van der Waals surface area contributed by atoms with Crippen molar-refractivity contribution in [1.29, 1.82) is 0 Å². The van der Waals surface area contributed by atoms with Crippen LogP contribution < -0.4 is 81.4 Å². The number of phenols is 1. The normalized spacial score (nSPS) is 14.5. The van der Waals surface area contributed by atoms with Crippen LogP contribution in [0.1, 0.15) is 83.3 Å². The molecule has 0 aliphatic heterocycles. The molecular formula is C58H84N16O23. The number of rotatable bonds is 44. The van der Waals surface area contributed by atoms with Crippen LogP contribution in [0.25, 0.3) is 0 Å². The highest BCUT2D eigenvalue weighted by Gasteiger charge is 2.37. The molecule has 2 aromatic carbocycles. The number of primary amides is 1. The zero-order valence-corrected chi connectivity index (χ0v) is 52.9. The van der Waals surface area contributed by atoms with Gasteiger partial charge in [0.2, 0.25) is 70.9 Å². The van der Waals surface area contributed by atoms with E-state index in [-0.39, 0.29) is 49.5 Å². The molecule has 0 spiro atoms. The Bertz CT molecular complexity index is 3150. The molecule has 0 radical (unpaired) electrons. The highest BCUT2D eigenvalue weighted by Crippen LogP contribution is 2.14. The van der Waals surface area contributed by atoms with E-state index in [9.17, 15) is 107 Å². The lowest BCUT2D eigenvalue weighted by molar-refractivity contribution is -0.145. The van der Waals surface area contributed by atoms with Gasteiger partial charge >= 0.3 is 23.9 Å². The van der Waals surface area contributed by atoms with Gasteiger partial charge in [0, 0.05) is 25.8 Å². The highest BCUT2D eigenvalue weighted by atomic mass is 16.4. The number of guanidine groups is 1. The summed E-state index contributed by atoms with van der Waals surface area (Å²) in [5.74, 6) is -21.5. The van der Waals surface area contributed by atoms with Crippen molar-refractivity contribution in [1.82, 2.24) is 58.5 Å². The number of aliphatic hydroxyl groups excluding tert-OH is 2. The molecule has 26 N–H and O–H groups in total. The molecule has 0 unspecified atom stereocenters. The Morgan fingerprint density at radius 2 is 0.897 bits per heavy atom. The van der Waals surface area contributed by atoms with Gasteiger partial charge in [-0.15, -0.1) is 0 Å². The monoisotopic (exact) mass is 1370 g/mol. The summed E-state index contributed by atoms with van der Waals surface area (Å²) in [4.78, 5) is 212. The first-order valence-electron chi connectivity index (χ1n) is 29.9. The average molecular weight is 1370 g/mol. The minimum absolute atomic E-state index is 0.0812.